The van der Waals surface area contributed by atoms with Crippen LogP contribution >= 0.6 is 11.6 Å². The highest BCUT2D eigenvalue weighted by atomic mass is 35.5. The van der Waals surface area contributed by atoms with Crippen molar-refractivity contribution in [3.63, 3.8) is 0 Å². The van der Waals surface area contributed by atoms with Crippen molar-refractivity contribution in [2.24, 2.45) is 4.99 Å². The molecule has 0 spiro atoms. The van der Waals surface area contributed by atoms with Crippen LogP contribution in [0.15, 0.2) is 82.7 Å². The largest absolute Gasteiger partial charge is 0.488 e. The van der Waals surface area contributed by atoms with E-state index in [0.29, 0.717) is 22.3 Å². The summed E-state index contributed by atoms with van der Waals surface area (Å²) in [5.41, 5.74) is -0.207. The summed E-state index contributed by atoms with van der Waals surface area (Å²) in [7, 11) is -3.34. The second kappa shape index (κ2) is 8.54. The summed E-state index contributed by atoms with van der Waals surface area (Å²) in [6.45, 7) is -0.0853. The summed E-state index contributed by atoms with van der Waals surface area (Å²) in [4.78, 5) is 6.50. The molecule has 0 bridgehead atoms. The summed E-state index contributed by atoms with van der Waals surface area (Å²) in [6.07, 6.45) is 1.14. The third-order valence-corrected chi connectivity index (χ3v) is 6.32. The zero-order valence-electron chi connectivity index (χ0n) is 17.1. The van der Waals surface area contributed by atoms with Crippen molar-refractivity contribution in [1.29, 1.82) is 0 Å². The number of nitrogens with zero attached hydrogens (tertiary/aromatic N) is 2. The predicted octanol–water partition coefficient (Wildman–Crippen LogP) is 3.92. The number of β-amino-alcohol motifs (C(OH)–C–C–N with tert-alkyl or cyclic N) is 1. The Morgan fingerprint density at radius 3 is 2.28 bits per heavy atom. The Balaban J connectivity index is 1.65. The second-order valence-electron chi connectivity index (χ2n) is 7.52. The Bertz CT molecular complexity index is 1250. The van der Waals surface area contributed by atoms with E-state index in [4.69, 9.17) is 16.3 Å². The Morgan fingerprint density at radius 2 is 1.69 bits per heavy atom. The average Bonchev–Trinajstić information content (AvgIpc) is 3.11. The molecule has 3 aromatic carbocycles. The zero-order valence-corrected chi connectivity index (χ0v) is 18.6. The smallest absolute Gasteiger partial charge is 0.210 e. The summed E-state index contributed by atoms with van der Waals surface area (Å²) < 4.78 is 42.4. The lowest BCUT2D eigenvalue weighted by Crippen LogP contribution is -2.40. The number of halogens is 2. The van der Waals surface area contributed by atoms with Crippen LogP contribution in [0.5, 0.6) is 5.75 Å². The van der Waals surface area contributed by atoms with E-state index in [-0.39, 0.29) is 23.9 Å². The van der Waals surface area contributed by atoms with Gasteiger partial charge in [0, 0.05) is 22.5 Å². The van der Waals surface area contributed by atoms with Gasteiger partial charge in [-0.2, -0.15) is 0 Å². The van der Waals surface area contributed by atoms with E-state index in [1.807, 2.05) is 0 Å². The topological polar surface area (TPSA) is 79.2 Å². The van der Waals surface area contributed by atoms with Crippen molar-refractivity contribution in [3.05, 3.63) is 89.2 Å². The van der Waals surface area contributed by atoms with Crippen LogP contribution in [0.1, 0.15) is 5.56 Å². The first-order valence-electron chi connectivity index (χ1n) is 9.67. The number of benzene rings is 3. The molecule has 0 radical (unpaired) electrons. The number of anilines is 1. The summed E-state index contributed by atoms with van der Waals surface area (Å²) in [5.74, 6) is 0.502. The van der Waals surface area contributed by atoms with Gasteiger partial charge in [0.25, 0.3) is 0 Å². The normalized spacial score (nSPS) is 18.5. The maximum atomic E-state index is 13.1. The highest BCUT2D eigenvalue weighted by molar-refractivity contribution is 7.90. The van der Waals surface area contributed by atoms with Crippen molar-refractivity contribution in [1.82, 2.24) is 0 Å². The van der Waals surface area contributed by atoms with Crippen LogP contribution in [0.4, 0.5) is 10.1 Å². The van der Waals surface area contributed by atoms with Crippen molar-refractivity contribution >= 4 is 33.0 Å². The van der Waals surface area contributed by atoms with Gasteiger partial charge < -0.3 is 14.7 Å². The Morgan fingerprint density at radius 1 is 1.06 bits per heavy atom. The zero-order chi connectivity index (χ0) is 22.9. The second-order valence-corrected chi connectivity index (χ2v) is 9.97. The summed E-state index contributed by atoms with van der Waals surface area (Å²) in [6, 6.07) is 18.8. The van der Waals surface area contributed by atoms with Crippen molar-refractivity contribution in [2.75, 3.05) is 24.3 Å². The third-order valence-electron chi connectivity index (χ3n) is 4.94. The highest BCUT2D eigenvalue weighted by Crippen LogP contribution is 2.30. The van der Waals surface area contributed by atoms with Gasteiger partial charge >= 0.3 is 0 Å². The molecule has 0 saturated carbocycles. The molecule has 0 amide bonds. The predicted molar refractivity (Wildman–Crippen MR) is 122 cm³/mol. The quantitative estimate of drug-likeness (QED) is 0.586. The fourth-order valence-electron chi connectivity index (χ4n) is 3.33. The fourth-order valence-corrected chi connectivity index (χ4v) is 4.09. The van der Waals surface area contributed by atoms with Gasteiger partial charge in [0.05, 0.1) is 11.4 Å². The number of aliphatic imine (C=N–C) groups is 1. The van der Waals surface area contributed by atoms with Crippen LogP contribution in [-0.4, -0.2) is 44.5 Å². The molecule has 4 rings (SSSR count). The van der Waals surface area contributed by atoms with Gasteiger partial charge in [-0.3, -0.25) is 0 Å². The summed E-state index contributed by atoms with van der Waals surface area (Å²) >= 11 is 6.01. The van der Waals surface area contributed by atoms with Gasteiger partial charge in [0.2, 0.25) is 5.72 Å². The van der Waals surface area contributed by atoms with E-state index in [1.165, 1.54) is 36.4 Å². The molecule has 1 N–H and O–H groups in total. The van der Waals surface area contributed by atoms with Crippen LogP contribution in [0.3, 0.4) is 0 Å². The maximum absolute atomic E-state index is 13.1. The minimum atomic E-state index is -3.34. The molecule has 0 saturated heterocycles. The average molecular weight is 475 g/mol. The third kappa shape index (κ3) is 4.93. The number of ether oxygens (including phenoxy) is 1. The first-order valence-corrected chi connectivity index (χ1v) is 11.9. The standard InChI is InChI=1S/C23H20ClFN2O4S/c1-32(29,30)21-12-8-19(9-13-21)27-14-23(28,15-31-20-10-6-18(25)7-11-20)26-22(27)16-2-4-17(24)5-3-16/h2-13,28H,14-15H2,1H3. The van der Waals surface area contributed by atoms with Crippen LogP contribution in [-0.2, 0) is 9.84 Å². The lowest BCUT2D eigenvalue weighted by atomic mass is 10.1. The van der Waals surface area contributed by atoms with E-state index in [0.717, 1.165) is 11.8 Å². The van der Waals surface area contributed by atoms with E-state index >= 15 is 0 Å². The van der Waals surface area contributed by atoms with Crippen LogP contribution < -0.4 is 9.64 Å². The molecule has 0 aromatic heterocycles. The van der Waals surface area contributed by atoms with Gasteiger partial charge in [-0.25, -0.2) is 17.8 Å². The van der Waals surface area contributed by atoms with Gasteiger partial charge in [-0.15, -0.1) is 0 Å². The van der Waals surface area contributed by atoms with E-state index in [2.05, 4.69) is 4.99 Å². The minimum Gasteiger partial charge on any atom is -0.488 e. The number of sulfone groups is 1. The molecule has 3 aromatic rings. The molecule has 0 fully saturated rings. The van der Waals surface area contributed by atoms with Crippen molar-refractivity contribution in [3.8, 4) is 5.75 Å². The number of hydrogen-bond donors (Lipinski definition) is 1. The van der Waals surface area contributed by atoms with Crippen molar-refractivity contribution in [2.45, 2.75) is 10.6 Å². The molecule has 1 heterocycles. The molecule has 0 aliphatic carbocycles. The van der Waals surface area contributed by atoms with Gasteiger partial charge in [0.1, 0.15) is 24.0 Å². The Hall–Kier alpha value is -2.94. The lowest BCUT2D eigenvalue weighted by Gasteiger charge is -2.24. The molecule has 32 heavy (non-hydrogen) atoms. The highest BCUT2D eigenvalue weighted by Gasteiger charge is 2.39. The molecule has 166 valence electrons. The Labute approximate surface area is 190 Å². The number of rotatable bonds is 6. The number of aliphatic hydroxyl groups is 1. The lowest BCUT2D eigenvalue weighted by molar-refractivity contribution is 0.0177. The molecule has 1 aliphatic heterocycles. The van der Waals surface area contributed by atoms with E-state index in [9.17, 15) is 17.9 Å². The van der Waals surface area contributed by atoms with Crippen LogP contribution in [0.2, 0.25) is 5.02 Å². The minimum absolute atomic E-state index is 0.0738. The monoisotopic (exact) mass is 474 g/mol. The molecule has 1 unspecified atom stereocenters. The van der Waals surface area contributed by atoms with Gasteiger partial charge in [0.15, 0.2) is 9.84 Å². The molecule has 1 atom stereocenters. The molecule has 1 aliphatic rings. The van der Waals surface area contributed by atoms with Crippen LogP contribution in [0.25, 0.3) is 0 Å². The number of hydrogen-bond acceptors (Lipinski definition) is 6. The van der Waals surface area contributed by atoms with Crippen molar-refractivity contribution < 1.29 is 22.7 Å². The molecule has 9 heteroatoms. The number of amidine groups is 1. The van der Waals surface area contributed by atoms with Gasteiger partial charge in [-0.1, -0.05) is 11.6 Å². The van der Waals surface area contributed by atoms with Crippen LogP contribution in [0, 0.1) is 5.82 Å². The van der Waals surface area contributed by atoms with Gasteiger partial charge in [-0.05, 0) is 72.8 Å². The SMILES string of the molecule is CS(=O)(=O)c1ccc(N2CC(O)(COc3ccc(F)cc3)N=C2c2ccc(Cl)cc2)cc1. The summed E-state index contributed by atoms with van der Waals surface area (Å²) in [5, 5.41) is 11.7. The maximum Gasteiger partial charge on any atom is 0.210 e. The molecular weight excluding hydrogens is 455 g/mol. The fraction of sp³-hybridized carbons (Fsp3) is 0.174. The van der Waals surface area contributed by atoms with E-state index < -0.39 is 15.6 Å². The first kappa shape index (κ1) is 22.3. The Kier molecular flexibility index (Phi) is 5.94. The molecule has 6 nitrogen and oxygen atoms in total. The first-order chi connectivity index (χ1) is 15.1. The van der Waals surface area contributed by atoms with E-state index in [1.54, 1.807) is 41.3 Å². The molecular formula is C23H20ClFN2O4S.